The van der Waals surface area contributed by atoms with Crippen LogP contribution in [0.1, 0.15) is 20.3 Å². The highest BCUT2D eigenvalue weighted by atomic mass is 32.2. The van der Waals surface area contributed by atoms with Gasteiger partial charge in [-0.3, -0.25) is 0 Å². The molecule has 0 heterocycles. The number of benzene rings is 1. The zero-order valence-electron chi connectivity index (χ0n) is 13.2. The molecule has 1 aromatic rings. The van der Waals surface area contributed by atoms with E-state index in [9.17, 15) is 8.42 Å². The van der Waals surface area contributed by atoms with E-state index in [1.165, 1.54) is 13.1 Å². The molecular weight excluding hydrogens is 288 g/mol. The lowest BCUT2D eigenvalue weighted by atomic mass is 10.2. The molecule has 0 aliphatic heterocycles. The van der Waals surface area contributed by atoms with Crippen LogP contribution in [0.2, 0.25) is 0 Å². The Labute approximate surface area is 127 Å². The number of nitrogen functional groups attached to an aromatic ring is 1. The Bertz CT molecular complexity index is 560. The lowest BCUT2D eigenvalue weighted by Gasteiger charge is -2.23. The summed E-state index contributed by atoms with van der Waals surface area (Å²) >= 11 is 0. The normalized spacial score (nSPS) is 13.4. The zero-order chi connectivity index (χ0) is 16.0. The van der Waals surface area contributed by atoms with E-state index in [1.54, 1.807) is 12.1 Å². The fourth-order valence-electron chi connectivity index (χ4n) is 1.92. The van der Waals surface area contributed by atoms with Gasteiger partial charge in [0.2, 0.25) is 10.0 Å². The summed E-state index contributed by atoms with van der Waals surface area (Å²) in [5.41, 5.74) is 6.87. The second kappa shape index (κ2) is 7.63. The molecule has 0 aliphatic carbocycles. The smallest absolute Gasteiger partial charge is 0.242 e. The number of nitrogens with one attached hydrogen (secondary N) is 2. The third-order valence-electron chi connectivity index (χ3n) is 3.70. The molecule has 1 atom stereocenters. The monoisotopic (exact) mass is 314 g/mol. The number of hydrogen-bond donors (Lipinski definition) is 3. The fourth-order valence-corrected chi connectivity index (χ4v) is 2.76. The molecular formula is C14H26N4O2S. The van der Waals surface area contributed by atoms with Gasteiger partial charge < -0.3 is 16.0 Å². The first kappa shape index (κ1) is 17.7. The molecule has 120 valence electrons. The fraction of sp³-hybridized carbons (Fsp3) is 0.571. The standard InChI is InChI=1S/C14H26N4O2S/c1-5-11(2)18(4)9-8-17-12-6-7-14(13(15)10-12)21(19,20)16-3/h6-7,10-11,16-17H,5,8-9,15H2,1-4H3. The van der Waals surface area contributed by atoms with E-state index in [-0.39, 0.29) is 10.6 Å². The summed E-state index contributed by atoms with van der Waals surface area (Å²) < 4.78 is 25.7. The molecule has 0 aromatic heterocycles. The van der Waals surface area contributed by atoms with E-state index in [1.807, 2.05) is 0 Å². The highest BCUT2D eigenvalue weighted by Gasteiger charge is 2.15. The number of sulfonamides is 1. The number of anilines is 2. The van der Waals surface area contributed by atoms with E-state index in [0.29, 0.717) is 6.04 Å². The topological polar surface area (TPSA) is 87.5 Å². The predicted octanol–water partition coefficient (Wildman–Crippen LogP) is 1.32. The van der Waals surface area contributed by atoms with Crippen molar-refractivity contribution in [2.24, 2.45) is 0 Å². The minimum atomic E-state index is -3.51. The number of hydrogen-bond acceptors (Lipinski definition) is 5. The molecule has 0 spiro atoms. The average Bonchev–Trinajstić information content (AvgIpc) is 2.46. The Hall–Kier alpha value is -1.31. The largest absolute Gasteiger partial charge is 0.398 e. The van der Waals surface area contributed by atoms with Crippen LogP contribution in [-0.4, -0.2) is 46.5 Å². The van der Waals surface area contributed by atoms with Crippen LogP contribution in [-0.2, 0) is 10.0 Å². The van der Waals surface area contributed by atoms with Crippen molar-refractivity contribution < 1.29 is 8.42 Å². The zero-order valence-corrected chi connectivity index (χ0v) is 14.0. The van der Waals surface area contributed by atoms with Crippen LogP contribution in [0.25, 0.3) is 0 Å². The summed E-state index contributed by atoms with van der Waals surface area (Å²) in [4.78, 5) is 2.38. The van der Waals surface area contributed by atoms with Crippen molar-refractivity contribution in [2.75, 3.05) is 38.2 Å². The predicted molar refractivity (Wildman–Crippen MR) is 88.0 cm³/mol. The summed E-state index contributed by atoms with van der Waals surface area (Å²) in [6.07, 6.45) is 1.11. The molecule has 4 N–H and O–H groups in total. The highest BCUT2D eigenvalue weighted by molar-refractivity contribution is 7.89. The number of nitrogens with two attached hydrogens (primary N) is 1. The van der Waals surface area contributed by atoms with Crippen molar-refractivity contribution in [3.05, 3.63) is 18.2 Å². The van der Waals surface area contributed by atoms with Crippen molar-refractivity contribution in [3.63, 3.8) is 0 Å². The lowest BCUT2D eigenvalue weighted by Crippen LogP contribution is -2.32. The van der Waals surface area contributed by atoms with Gasteiger partial charge in [-0.2, -0.15) is 0 Å². The molecule has 0 fully saturated rings. The minimum Gasteiger partial charge on any atom is -0.398 e. The van der Waals surface area contributed by atoms with Gasteiger partial charge in [0, 0.05) is 24.8 Å². The summed E-state index contributed by atoms with van der Waals surface area (Å²) in [5, 5.41) is 3.26. The SMILES string of the molecule is CCC(C)N(C)CCNc1ccc(S(=O)(=O)NC)c(N)c1. The van der Waals surface area contributed by atoms with Gasteiger partial charge in [0.05, 0.1) is 5.69 Å². The van der Waals surface area contributed by atoms with Crippen LogP contribution in [0.15, 0.2) is 23.1 Å². The molecule has 1 rings (SSSR count). The highest BCUT2D eigenvalue weighted by Crippen LogP contribution is 2.22. The summed E-state index contributed by atoms with van der Waals surface area (Å²) in [6, 6.07) is 5.43. The first-order chi connectivity index (χ1) is 9.81. The van der Waals surface area contributed by atoms with E-state index in [4.69, 9.17) is 5.73 Å². The molecule has 0 aliphatic rings. The lowest BCUT2D eigenvalue weighted by molar-refractivity contribution is 0.261. The van der Waals surface area contributed by atoms with Crippen LogP contribution in [0.5, 0.6) is 0 Å². The van der Waals surface area contributed by atoms with Crippen LogP contribution >= 0.6 is 0 Å². The summed E-state index contributed by atoms with van der Waals surface area (Å²) in [7, 11) is -0.0484. The number of rotatable bonds is 8. The maximum atomic E-state index is 11.7. The number of nitrogens with zero attached hydrogens (tertiary/aromatic N) is 1. The van der Waals surface area contributed by atoms with Gasteiger partial charge in [-0.05, 0) is 45.6 Å². The third-order valence-corrected chi connectivity index (χ3v) is 5.19. The minimum absolute atomic E-state index is 0.104. The van der Waals surface area contributed by atoms with Crippen molar-refractivity contribution in [2.45, 2.75) is 31.2 Å². The molecule has 6 nitrogen and oxygen atoms in total. The Morgan fingerprint density at radius 3 is 2.57 bits per heavy atom. The van der Waals surface area contributed by atoms with Gasteiger partial charge in [0.1, 0.15) is 4.90 Å². The Balaban J connectivity index is 2.65. The molecule has 0 bridgehead atoms. The molecule has 1 unspecified atom stereocenters. The summed E-state index contributed by atoms with van der Waals surface area (Å²) in [5.74, 6) is 0. The van der Waals surface area contributed by atoms with Crippen LogP contribution in [0.4, 0.5) is 11.4 Å². The van der Waals surface area contributed by atoms with Gasteiger partial charge >= 0.3 is 0 Å². The maximum Gasteiger partial charge on any atom is 0.242 e. The quantitative estimate of drug-likeness (QED) is 0.630. The van der Waals surface area contributed by atoms with Crippen molar-refractivity contribution in [1.29, 1.82) is 0 Å². The second-order valence-corrected chi connectivity index (χ2v) is 6.98. The van der Waals surface area contributed by atoms with Gasteiger partial charge in [0.25, 0.3) is 0 Å². The Morgan fingerprint density at radius 2 is 2.05 bits per heavy atom. The second-order valence-electron chi connectivity index (χ2n) is 5.12. The van der Waals surface area contributed by atoms with Crippen molar-refractivity contribution in [1.82, 2.24) is 9.62 Å². The molecule has 0 saturated heterocycles. The van der Waals surface area contributed by atoms with Crippen LogP contribution < -0.4 is 15.8 Å². The molecule has 0 saturated carbocycles. The van der Waals surface area contributed by atoms with Crippen LogP contribution in [0, 0.1) is 0 Å². The number of likely N-dealkylation sites (N-methyl/N-ethyl adjacent to an activating group) is 1. The van der Waals surface area contributed by atoms with Crippen LogP contribution in [0.3, 0.4) is 0 Å². The van der Waals surface area contributed by atoms with Gasteiger partial charge in [0.15, 0.2) is 0 Å². The first-order valence-electron chi connectivity index (χ1n) is 7.09. The maximum absolute atomic E-state index is 11.7. The average molecular weight is 314 g/mol. The molecule has 1 aromatic carbocycles. The Kier molecular flexibility index (Phi) is 6.44. The molecule has 0 amide bonds. The van der Waals surface area contributed by atoms with Gasteiger partial charge in [-0.15, -0.1) is 0 Å². The van der Waals surface area contributed by atoms with Gasteiger partial charge in [-0.25, -0.2) is 13.1 Å². The van der Waals surface area contributed by atoms with E-state index >= 15 is 0 Å². The third kappa shape index (κ3) is 4.87. The van der Waals surface area contributed by atoms with E-state index in [0.717, 1.165) is 25.2 Å². The van der Waals surface area contributed by atoms with Crippen molar-refractivity contribution >= 4 is 21.4 Å². The molecule has 7 heteroatoms. The summed E-state index contributed by atoms with van der Waals surface area (Å²) in [6.45, 7) is 6.04. The Morgan fingerprint density at radius 1 is 1.38 bits per heavy atom. The van der Waals surface area contributed by atoms with E-state index in [2.05, 4.69) is 35.8 Å². The first-order valence-corrected chi connectivity index (χ1v) is 8.57. The molecule has 0 radical (unpaired) electrons. The van der Waals surface area contributed by atoms with Gasteiger partial charge in [-0.1, -0.05) is 6.92 Å². The van der Waals surface area contributed by atoms with E-state index < -0.39 is 10.0 Å². The molecule has 21 heavy (non-hydrogen) atoms. The van der Waals surface area contributed by atoms with Crippen molar-refractivity contribution in [3.8, 4) is 0 Å².